The summed E-state index contributed by atoms with van der Waals surface area (Å²) in [5.74, 6) is -2.66. The number of carbonyl (C=O) groups is 4. The fourth-order valence-corrected chi connectivity index (χ4v) is 7.29. The number of carboxylic acids is 2. The van der Waals surface area contributed by atoms with Gasteiger partial charge in [-0.1, -0.05) is 18.2 Å². The van der Waals surface area contributed by atoms with Gasteiger partial charge in [0.1, 0.15) is 6.23 Å². The number of pyridine rings is 1. The minimum atomic E-state index is -1.57. The molecule has 2 aromatic carbocycles. The zero-order chi connectivity index (χ0) is 40.9. The lowest BCUT2D eigenvalue weighted by Gasteiger charge is -2.39. The van der Waals surface area contributed by atoms with E-state index in [1.807, 2.05) is 40.1 Å². The summed E-state index contributed by atoms with van der Waals surface area (Å²) in [6.07, 6.45) is -0.808. The Balaban J connectivity index is 1.09. The molecular weight excluding hydrogens is 738 g/mol. The van der Waals surface area contributed by atoms with Gasteiger partial charge in [0.15, 0.2) is 6.29 Å². The maximum absolute atomic E-state index is 13.0. The molecule has 2 saturated heterocycles. The number of benzene rings is 2. The number of carbonyl (C=O) groups excluding carboxylic acids is 2. The Hall–Kier alpha value is -4.63. The first-order valence-corrected chi connectivity index (χ1v) is 19.3. The number of primary amides is 1. The van der Waals surface area contributed by atoms with Crippen LogP contribution in [0, 0.1) is 0 Å². The SMILES string of the molecule is NC(=O)c1ccnc2ccc(-c3ccc(C(=O)NCCN4CCN(C(O)CN5CCN(CC(=O)O)CCN(CC(O)O)CCN(CC(=O)O)CC5)CC4)cc3)cc12. The number of fused-ring (bicyclic) bond motifs is 1. The van der Waals surface area contributed by atoms with Gasteiger partial charge < -0.3 is 36.6 Å². The van der Waals surface area contributed by atoms with E-state index in [1.165, 1.54) is 0 Å². The van der Waals surface area contributed by atoms with Gasteiger partial charge in [0.2, 0.25) is 5.91 Å². The average molecular weight is 794 g/mol. The van der Waals surface area contributed by atoms with E-state index >= 15 is 0 Å². The summed E-state index contributed by atoms with van der Waals surface area (Å²) in [5.41, 5.74) is 8.89. The van der Waals surface area contributed by atoms with Crippen molar-refractivity contribution in [2.75, 3.05) is 118 Å². The highest BCUT2D eigenvalue weighted by atomic mass is 16.5. The van der Waals surface area contributed by atoms with Crippen LogP contribution in [0.3, 0.4) is 0 Å². The summed E-state index contributed by atoms with van der Waals surface area (Å²) in [6.45, 7) is 6.79. The van der Waals surface area contributed by atoms with Gasteiger partial charge in [-0.05, 0) is 41.5 Å². The number of nitrogens with one attached hydrogen (secondary N) is 1. The molecule has 310 valence electrons. The van der Waals surface area contributed by atoms with Crippen molar-refractivity contribution in [3.05, 3.63) is 65.9 Å². The monoisotopic (exact) mass is 793 g/mol. The van der Waals surface area contributed by atoms with Crippen LogP contribution < -0.4 is 11.1 Å². The predicted molar refractivity (Wildman–Crippen MR) is 211 cm³/mol. The Labute approximate surface area is 331 Å². The Morgan fingerprint density at radius 1 is 0.667 bits per heavy atom. The van der Waals surface area contributed by atoms with Crippen LogP contribution in [-0.4, -0.2) is 214 Å². The Morgan fingerprint density at radius 2 is 1.19 bits per heavy atom. The molecule has 2 amide bonds. The minimum absolute atomic E-state index is 0.0349. The van der Waals surface area contributed by atoms with Crippen LogP contribution in [0.4, 0.5) is 0 Å². The van der Waals surface area contributed by atoms with E-state index in [4.69, 9.17) is 5.73 Å². The van der Waals surface area contributed by atoms with Gasteiger partial charge in [0.05, 0.1) is 24.2 Å². The van der Waals surface area contributed by atoms with Crippen molar-refractivity contribution >= 4 is 34.7 Å². The van der Waals surface area contributed by atoms with Gasteiger partial charge in [-0.3, -0.25) is 53.6 Å². The third-order valence-electron chi connectivity index (χ3n) is 10.5. The minimum Gasteiger partial charge on any atom is -0.480 e. The van der Waals surface area contributed by atoms with Gasteiger partial charge in [-0.15, -0.1) is 0 Å². The molecule has 2 aliphatic heterocycles. The molecule has 3 aromatic rings. The van der Waals surface area contributed by atoms with Crippen molar-refractivity contribution in [2.24, 2.45) is 5.73 Å². The molecule has 0 saturated carbocycles. The van der Waals surface area contributed by atoms with E-state index in [9.17, 15) is 44.7 Å². The lowest BCUT2D eigenvalue weighted by Crippen LogP contribution is -2.55. The van der Waals surface area contributed by atoms with Crippen molar-refractivity contribution in [3.63, 3.8) is 0 Å². The van der Waals surface area contributed by atoms with E-state index < -0.39 is 30.4 Å². The number of hydrogen-bond donors (Lipinski definition) is 7. The largest absolute Gasteiger partial charge is 0.480 e. The van der Waals surface area contributed by atoms with Crippen LogP contribution in [0.5, 0.6) is 0 Å². The second kappa shape index (κ2) is 21.2. The fraction of sp³-hybridized carbons (Fsp3) is 0.513. The van der Waals surface area contributed by atoms with Gasteiger partial charge in [-0.25, -0.2) is 0 Å². The van der Waals surface area contributed by atoms with Gasteiger partial charge >= 0.3 is 11.9 Å². The highest BCUT2D eigenvalue weighted by Gasteiger charge is 2.26. The maximum atomic E-state index is 13.0. The van der Waals surface area contributed by atoms with E-state index in [0.29, 0.717) is 120 Å². The number of aromatic nitrogens is 1. The molecular formula is C39H55N9O9. The molecule has 18 heteroatoms. The smallest absolute Gasteiger partial charge is 0.317 e. The first-order chi connectivity index (χ1) is 27.3. The van der Waals surface area contributed by atoms with Gasteiger partial charge in [-0.2, -0.15) is 0 Å². The van der Waals surface area contributed by atoms with Crippen molar-refractivity contribution < 1.29 is 44.7 Å². The summed E-state index contributed by atoms with van der Waals surface area (Å²) >= 11 is 0. The van der Waals surface area contributed by atoms with Crippen molar-refractivity contribution in [1.29, 1.82) is 0 Å². The number of carboxylic acid groups (broad SMARTS) is 2. The number of nitrogens with two attached hydrogens (primary N) is 1. The summed E-state index contributed by atoms with van der Waals surface area (Å²) in [7, 11) is 0. The fourth-order valence-electron chi connectivity index (χ4n) is 7.29. The number of aliphatic carboxylic acids is 2. The normalized spacial score (nSPS) is 18.5. The number of hydrogen-bond acceptors (Lipinski definition) is 14. The number of amides is 2. The molecule has 1 unspecified atom stereocenters. The van der Waals surface area contributed by atoms with Crippen LogP contribution in [0.1, 0.15) is 20.7 Å². The lowest BCUT2D eigenvalue weighted by atomic mass is 9.99. The molecule has 2 fully saturated rings. The molecule has 1 aromatic heterocycles. The van der Waals surface area contributed by atoms with Crippen molar-refractivity contribution in [3.8, 4) is 11.1 Å². The molecule has 18 nitrogen and oxygen atoms in total. The molecule has 2 aliphatic rings. The van der Waals surface area contributed by atoms with Crippen LogP contribution >= 0.6 is 0 Å². The zero-order valence-corrected chi connectivity index (χ0v) is 32.2. The van der Waals surface area contributed by atoms with E-state index in [2.05, 4.69) is 15.2 Å². The summed E-state index contributed by atoms with van der Waals surface area (Å²) in [4.78, 5) is 64.1. The molecule has 1 atom stereocenters. The average Bonchev–Trinajstić information content (AvgIpc) is 3.18. The number of rotatable bonds is 15. The quantitative estimate of drug-likeness (QED) is 0.0855. The van der Waals surface area contributed by atoms with Gasteiger partial charge in [0.25, 0.3) is 5.91 Å². The molecule has 0 bridgehead atoms. The molecule has 0 radical (unpaired) electrons. The molecule has 0 aliphatic carbocycles. The maximum Gasteiger partial charge on any atom is 0.317 e. The second-order valence-electron chi connectivity index (χ2n) is 14.6. The third kappa shape index (κ3) is 13.5. The van der Waals surface area contributed by atoms with Crippen LogP contribution in [0.15, 0.2) is 54.7 Å². The van der Waals surface area contributed by atoms with Crippen LogP contribution in [-0.2, 0) is 9.59 Å². The van der Waals surface area contributed by atoms with Crippen molar-refractivity contribution in [1.82, 2.24) is 39.7 Å². The highest BCUT2D eigenvalue weighted by molar-refractivity contribution is 6.06. The van der Waals surface area contributed by atoms with Crippen LogP contribution in [0.2, 0.25) is 0 Å². The predicted octanol–water partition coefficient (Wildman–Crippen LogP) is -1.63. The van der Waals surface area contributed by atoms with E-state index in [-0.39, 0.29) is 25.5 Å². The van der Waals surface area contributed by atoms with E-state index in [1.54, 1.807) is 39.1 Å². The Morgan fingerprint density at radius 3 is 1.74 bits per heavy atom. The number of piperazine rings is 1. The van der Waals surface area contributed by atoms with Gasteiger partial charge in [0, 0.05) is 122 Å². The third-order valence-corrected chi connectivity index (χ3v) is 10.5. The number of aliphatic hydroxyl groups excluding tert-OH is 2. The van der Waals surface area contributed by atoms with Crippen LogP contribution in [0.25, 0.3) is 22.0 Å². The second-order valence-corrected chi connectivity index (χ2v) is 14.6. The number of aliphatic hydroxyl groups is 3. The molecule has 0 spiro atoms. The summed E-state index contributed by atoms with van der Waals surface area (Å²) in [5, 5.41) is 53.1. The summed E-state index contributed by atoms with van der Waals surface area (Å²) in [6, 6.07) is 14.5. The Bertz CT molecular complexity index is 1780. The molecule has 3 heterocycles. The van der Waals surface area contributed by atoms with Crippen molar-refractivity contribution in [2.45, 2.75) is 12.5 Å². The topological polar surface area (TPSA) is 240 Å². The number of nitrogens with zero attached hydrogens (tertiary/aromatic N) is 7. The first kappa shape index (κ1) is 43.5. The zero-order valence-electron chi connectivity index (χ0n) is 32.2. The highest BCUT2D eigenvalue weighted by Crippen LogP contribution is 2.26. The van der Waals surface area contributed by atoms with E-state index in [0.717, 1.165) is 11.1 Å². The standard InChI is InChI=1S/C39H55N9O9/c40-38(56)31-7-8-41-33-6-5-30(23-32(31)33)28-1-3-29(4-2-28)39(57)42-9-10-43-19-21-48(22-20-43)34(49)24-44-11-13-45(25-35(50)51)15-17-47(27-37(54)55)18-16-46(14-12-44)26-36(52)53/h1-8,23,34,37,49,54-55H,9-22,24-27H2,(H2,40,56)(H,42,57)(H,50,51)(H,52,53). The molecule has 57 heavy (non-hydrogen) atoms. The lowest BCUT2D eigenvalue weighted by molar-refractivity contribution is -0.139. The summed E-state index contributed by atoms with van der Waals surface area (Å²) < 4.78 is 0. The number of β-amino-alcohol motifs (C(OH)–C–C–N with tert-alkyl or cyclic N) is 3. The Kier molecular flexibility index (Phi) is 16.2. The molecule has 8 N–H and O–H groups in total. The first-order valence-electron chi connectivity index (χ1n) is 19.3. The molecule has 5 rings (SSSR count).